The van der Waals surface area contributed by atoms with E-state index < -0.39 is 24.5 Å². The second-order valence-electron chi connectivity index (χ2n) is 7.09. The second-order valence-corrected chi connectivity index (χ2v) is 7.09. The van der Waals surface area contributed by atoms with Crippen LogP contribution in [0.1, 0.15) is 19.3 Å². The smallest absolute Gasteiger partial charge is 0.319 e. The molecule has 3 fully saturated rings. The summed E-state index contributed by atoms with van der Waals surface area (Å²) in [5.74, 6) is -0.370. The Morgan fingerprint density at radius 2 is 1.92 bits per heavy atom. The molecule has 3 N–H and O–H groups in total. The van der Waals surface area contributed by atoms with Gasteiger partial charge in [0.25, 0.3) is 0 Å². The molecule has 0 spiro atoms. The molecule has 3 saturated heterocycles. The normalized spacial score (nSPS) is 34.5. The van der Waals surface area contributed by atoms with E-state index in [2.05, 4.69) is 15.5 Å². The van der Waals surface area contributed by atoms with E-state index in [1.807, 2.05) is 0 Å². The van der Waals surface area contributed by atoms with Gasteiger partial charge in [-0.2, -0.15) is 0 Å². The molecular formula is C18H24FN3O4. The Kier molecular flexibility index (Phi) is 5.08. The molecule has 4 rings (SSSR count). The minimum atomic E-state index is -0.779. The molecule has 1 aromatic rings. The number of ether oxygens (including phenoxy) is 2. The number of anilines is 1. The molecule has 2 bridgehead atoms. The van der Waals surface area contributed by atoms with Gasteiger partial charge in [0.2, 0.25) is 0 Å². The van der Waals surface area contributed by atoms with Crippen molar-refractivity contribution in [1.82, 2.24) is 10.2 Å². The van der Waals surface area contributed by atoms with Crippen molar-refractivity contribution < 1.29 is 23.8 Å². The van der Waals surface area contributed by atoms with E-state index in [0.29, 0.717) is 12.3 Å². The zero-order valence-electron chi connectivity index (χ0n) is 14.4. The summed E-state index contributed by atoms with van der Waals surface area (Å²) in [4.78, 5) is 14.5. The monoisotopic (exact) mass is 365 g/mol. The molecule has 3 aliphatic rings. The third-order valence-electron chi connectivity index (χ3n) is 5.34. The number of likely N-dealkylation sites (tertiary alicyclic amines) is 1. The van der Waals surface area contributed by atoms with Crippen LogP contribution in [0.2, 0.25) is 0 Å². The van der Waals surface area contributed by atoms with Crippen LogP contribution in [0.3, 0.4) is 0 Å². The Hall–Kier alpha value is -1.74. The number of piperidine rings is 1. The van der Waals surface area contributed by atoms with Crippen LogP contribution in [0, 0.1) is 5.82 Å². The third-order valence-corrected chi connectivity index (χ3v) is 5.34. The predicted molar refractivity (Wildman–Crippen MR) is 92.2 cm³/mol. The van der Waals surface area contributed by atoms with Gasteiger partial charge in [0.05, 0.1) is 24.8 Å². The van der Waals surface area contributed by atoms with Crippen molar-refractivity contribution in [2.75, 3.05) is 25.0 Å². The number of fused-ring (bicyclic) bond motifs is 2. The molecule has 5 atom stereocenters. The number of halogens is 1. The molecule has 2 amide bonds. The van der Waals surface area contributed by atoms with Gasteiger partial charge in [0.1, 0.15) is 11.9 Å². The van der Waals surface area contributed by atoms with Gasteiger partial charge < -0.3 is 25.2 Å². The van der Waals surface area contributed by atoms with E-state index in [4.69, 9.17) is 9.47 Å². The number of carbonyl (C=O) groups excluding carboxylic acids is 1. The summed E-state index contributed by atoms with van der Waals surface area (Å²) >= 11 is 0. The van der Waals surface area contributed by atoms with Gasteiger partial charge in [0, 0.05) is 5.69 Å². The van der Waals surface area contributed by atoms with Crippen molar-refractivity contribution >= 4 is 11.7 Å². The lowest BCUT2D eigenvalue weighted by Crippen LogP contribution is -2.66. The Morgan fingerprint density at radius 1 is 1.19 bits per heavy atom. The predicted octanol–water partition coefficient (Wildman–Crippen LogP) is 1.29. The Balaban J connectivity index is 1.43. The fraction of sp³-hybridized carbons (Fsp3) is 0.611. The fourth-order valence-corrected chi connectivity index (χ4v) is 4.04. The van der Waals surface area contributed by atoms with Crippen LogP contribution >= 0.6 is 0 Å². The maximum absolute atomic E-state index is 13.0. The van der Waals surface area contributed by atoms with Crippen LogP contribution in [0.15, 0.2) is 24.3 Å². The fourth-order valence-electron chi connectivity index (χ4n) is 4.04. The standard InChI is InChI=1S/C18H24FN3O4/c19-11-4-6-12(7-5-11)20-18(24)21-14-13-10-25-17(26-13)15(16(14)23)22-8-2-1-3-9-22/h4-7,13-17,23H,1-3,8-10H2,(H2,20,21,24). The highest BCUT2D eigenvalue weighted by atomic mass is 19.1. The Bertz CT molecular complexity index is 638. The summed E-state index contributed by atoms with van der Waals surface area (Å²) in [6.45, 7) is 2.13. The number of hydrogen-bond acceptors (Lipinski definition) is 5. The molecule has 3 aliphatic heterocycles. The van der Waals surface area contributed by atoms with Gasteiger partial charge in [-0.1, -0.05) is 6.42 Å². The number of amides is 2. The van der Waals surface area contributed by atoms with Gasteiger partial charge in [-0.25, -0.2) is 9.18 Å². The molecule has 8 heteroatoms. The number of aliphatic hydroxyl groups is 1. The van der Waals surface area contributed by atoms with Crippen LogP contribution < -0.4 is 10.6 Å². The first-order chi connectivity index (χ1) is 12.6. The first kappa shape index (κ1) is 17.7. The zero-order valence-corrected chi connectivity index (χ0v) is 14.4. The van der Waals surface area contributed by atoms with Gasteiger partial charge in [0.15, 0.2) is 6.29 Å². The average molecular weight is 365 g/mol. The number of carbonyl (C=O) groups is 1. The largest absolute Gasteiger partial charge is 0.389 e. The second kappa shape index (κ2) is 7.48. The number of benzene rings is 1. The van der Waals surface area contributed by atoms with Crippen LogP contribution in [-0.4, -0.2) is 66.3 Å². The highest BCUT2D eigenvalue weighted by Gasteiger charge is 2.52. The molecule has 1 aromatic carbocycles. The minimum Gasteiger partial charge on any atom is -0.389 e. The molecule has 0 radical (unpaired) electrons. The third kappa shape index (κ3) is 3.55. The molecule has 0 aliphatic carbocycles. The SMILES string of the molecule is O=C(Nc1ccc(F)cc1)NC1C2COC(O2)C(N2CCCCC2)C1O. The van der Waals surface area contributed by atoms with Crippen molar-refractivity contribution in [3.63, 3.8) is 0 Å². The molecule has 26 heavy (non-hydrogen) atoms. The van der Waals surface area contributed by atoms with Crippen molar-refractivity contribution in [3.8, 4) is 0 Å². The van der Waals surface area contributed by atoms with E-state index in [1.165, 1.54) is 30.7 Å². The van der Waals surface area contributed by atoms with Crippen LogP contribution in [0.4, 0.5) is 14.9 Å². The Morgan fingerprint density at radius 3 is 2.65 bits per heavy atom. The van der Waals surface area contributed by atoms with Crippen molar-refractivity contribution in [1.29, 1.82) is 0 Å². The number of urea groups is 1. The van der Waals surface area contributed by atoms with Gasteiger partial charge >= 0.3 is 6.03 Å². The number of nitrogens with one attached hydrogen (secondary N) is 2. The van der Waals surface area contributed by atoms with E-state index >= 15 is 0 Å². The summed E-state index contributed by atoms with van der Waals surface area (Å²) in [5, 5.41) is 16.4. The number of rotatable bonds is 3. The Labute approximate surface area is 151 Å². The molecular weight excluding hydrogens is 341 g/mol. The zero-order chi connectivity index (χ0) is 18.1. The van der Waals surface area contributed by atoms with E-state index in [0.717, 1.165) is 25.9 Å². The maximum Gasteiger partial charge on any atom is 0.319 e. The lowest BCUT2D eigenvalue weighted by Gasteiger charge is -2.45. The molecule has 7 nitrogen and oxygen atoms in total. The summed E-state index contributed by atoms with van der Waals surface area (Å²) < 4.78 is 24.6. The van der Waals surface area contributed by atoms with Gasteiger partial charge in [-0.15, -0.1) is 0 Å². The minimum absolute atomic E-state index is 0.287. The number of nitrogens with zero attached hydrogens (tertiary/aromatic N) is 1. The quantitative estimate of drug-likeness (QED) is 0.752. The van der Waals surface area contributed by atoms with Crippen LogP contribution in [-0.2, 0) is 9.47 Å². The van der Waals surface area contributed by atoms with Gasteiger partial charge in [-0.05, 0) is 50.2 Å². The number of aliphatic hydroxyl groups excluding tert-OH is 1. The first-order valence-corrected chi connectivity index (χ1v) is 9.14. The average Bonchev–Trinajstić information content (AvgIpc) is 3.07. The molecule has 3 heterocycles. The number of hydrogen-bond donors (Lipinski definition) is 3. The highest BCUT2D eigenvalue weighted by molar-refractivity contribution is 5.89. The lowest BCUT2D eigenvalue weighted by molar-refractivity contribution is -0.183. The van der Waals surface area contributed by atoms with Crippen molar-refractivity contribution in [2.45, 2.75) is 49.8 Å². The first-order valence-electron chi connectivity index (χ1n) is 9.14. The lowest BCUT2D eigenvalue weighted by atomic mass is 9.93. The van der Waals surface area contributed by atoms with Crippen molar-refractivity contribution in [2.24, 2.45) is 0 Å². The summed E-state index contributed by atoms with van der Waals surface area (Å²) in [6, 6.07) is 4.19. The van der Waals surface area contributed by atoms with Crippen LogP contribution in [0.5, 0.6) is 0 Å². The van der Waals surface area contributed by atoms with Crippen LogP contribution in [0.25, 0.3) is 0 Å². The maximum atomic E-state index is 13.0. The van der Waals surface area contributed by atoms with E-state index in [1.54, 1.807) is 0 Å². The summed E-state index contributed by atoms with van der Waals surface area (Å²) in [6.07, 6.45) is 1.75. The van der Waals surface area contributed by atoms with E-state index in [-0.39, 0.29) is 18.0 Å². The highest BCUT2D eigenvalue weighted by Crippen LogP contribution is 2.32. The van der Waals surface area contributed by atoms with Crippen molar-refractivity contribution in [3.05, 3.63) is 30.1 Å². The van der Waals surface area contributed by atoms with E-state index in [9.17, 15) is 14.3 Å². The van der Waals surface area contributed by atoms with Gasteiger partial charge in [-0.3, -0.25) is 4.90 Å². The molecule has 0 saturated carbocycles. The molecule has 142 valence electrons. The summed E-state index contributed by atoms with van der Waals surface area (Å²) in [7, 11) is 0. The topological polar surface area (TPSA) is 83.1 Å². The summed E-state index contributed by atoms with van der Waals surface area (Å²) in [5.41, 5.74) is 0.475. The molecule has 0 aromatic heterocycles. The molecule has 5 unspecified atom stereocenters.